The molecule has 0 aliphatic heterocycles. The van der Waals surface area contributed by atoms with Gasteiger partial charge in [-0.15, -0.1) is 0 Å². The molecule has 4 nitrogen and oxygen atoms in total. The summed E-state index contributed by atoms with van der Waals surface area (Å²) in [6.07, 6.45) is 1.75. The Morgan fingerprint density at radius 3 is 2.28 bits per heavy atom. The van der Waals surface area contributed by atoms with Crippen molar-refractivity contribution in [3.8, 4) is 5.69 Å². The molecule has 0 spiro atoms. The molecule has 18 heavy (non-hydrogen) atoms. The Bertz CT molecular complexity index is 715. The predicted octanol–water partition coefficient (Wildman–Crippen LogP) is 2.22. The summed E-state index contributed by atoms with van der Waals surface area (Å²) in [6, 6.07) is 0.892. The number of rotatable bonds is 2. The van der Waals surface area contributed by atoms with Gasteiger partial charge in [-0.05, 0) is 0 Å². The van der Waals surface area contributed by atoms with Gasteiger partial charge in [0.05, 0.1) is 12.4 Å². The number of aromatic nitrogens is 2. The van der Waals surface area contributed by atoms with E-state index in [2.05, 4.69) is 5.10 Å². The first-order chi connectivity index (χ1) is 8.29. The Labute approximate surface area is 104 Å². The van der Waals surface area contributed by atoms with Crippen molar-refractivity contribution in [2.45, 2.75) is 4.90 Å². The Hall–Kier alpha value is -1.54. The minimum Gasteiger partial charge on any atom is -0.236 e. The SMILES string of the molecule is O=S(=O)(Cl)c1cnn(-c2cc(F)c(F)cc2F)c1. The maximum atomic E-state index is 13.4. The lowest BCUT2D eigenvalue weighted by atomic mass is 10.3. The van der Waals surface area contributed by atoms with Crippen LogP contribution in [-0.4, -0.2) is 18.2 Å². The summed E-state index contributed by atoms with van der Waals surface area (Å²) in [5.74, 6) is -3.72. The first-order valence-corrected chi connectivity index (χ1v) is 6.74. The fraction of sp³-hybridized carbons (Fsp3) is 0. The highest BCUT2D eigenvalue weighted by atomic mass is 35.7. The highest BCUT2D eigenvalue weighted by Gasteiger charge is 2.16. The van der Waals surface area contributed by atoms with Crippen LogP contribution in [0.3, 0.4) is 0 Å². The molecule has 0 aliphatic carbocycles. The van der Waals surface area contributed by atoms with Crippen LogP contribution in [0.1, 0.15) is 0 Å². The zero-order valence-electron chi connectivity index (χ0n) is 8.44. The topological polar surface area (TPSA) is 52.0 Å². The molecule has 0 bridgehead atoms. The Morgan fingerprint density at radius 2 is 1.72 bits per heavy atom. The standard InChI is InChI=1S/C9H4ClF3N2O2S/c10-18(16,17)5-3-14-15(4-5)9-2-7(12)6(11)1-8(9)13/h1-4H. The van der Waals surface area contributed by atoms with E-state index >= 15 is 0 Å². The molecule has 0 saturated heterocycles. The van der Waals surface area contributed by atoms with Crippen LogP contribution in [0.25, 0.3) is 5.69 Å². The number of hydrogen-bond donors (Lipinski definition) is 0. The molecule has 2 aromatic rings. The molecule has 1 aromatic carbocycles. The van der Waals surface area contributed by atoms with E-state index in [1.54, 1.807) is 0 Å². The maximum absolute atomic E-state index is 13.4. The van der Waals surface area contributed by atoms with Gasteiger partial charge in [-0.1, -0.05) is 0 Å². The van der Waals surface area contributed by atoms with Crippen molar-refractivity contribution in [3.05, 3.63) is 42.0 Å². The third-order valence-corrected chi connectivity index (χ3v) is 3.39. The normalized spacial score (nSPS) is 11.8. The van der Waals surface area contributed by atoms with Crippen molar-refractivity contribution < 1.29 is 21.6 Å². The summed E-state index contributed by atoms with van der Waals surface area (Å²) < 4.78 is 61.7. The highest BCUT2D eigenvalue weighted by molar-refractivity contribution is 8.13. The first kappa shape index (κ1) is 12.9. The molecule has 1 aromatic heterocycles. The molecule has 0 atom stereocenters. The molecule has 0 aliphatic rings. The van der Waals surface area contributed by atoms with E-state index in [0.29, 0.717) is 12.1 Å². The van der Waals surface area contributed by atoms with E-state index in [4.69, 9.17) is 10.7 Å². The van der Waals surface area contributed by atoms with Gasteiger partial charge >= 0.3 is 0 Å². The Kier molecular flexibility index (Phi) is 3.07. The van der Waals surface area contributed by atoms with Gasteiger partial charge in [0.2, 0.25) is 0 Å². The minimum absolute atomic E-state index is 0.335. The zero-order valence-corrected chi connectivity index (χ0v) is 10.0. The van der Waals surface area contributed by atoms with Crippen LogP contribution >= 0.6 is 10.7 Å². The minimum atomic E-state index is -4.02. The average Bonchev–Trinajstić information content (AvgIpc) is 2.72. The lowest BCUT2D eigenvalue weighted by Gasteiger charge is -2.03. The van der Waals surface area contributed by atoms with Crippen LogP contribution < -0.4 is 0 Å². The molecule has 0 fully saturated rings. The van der Waals surface area contributed by atoms with E-state index in [1.807, 2.05) is 0 Å². The number of nitrogens with zero attached hydrogens (tertiary/aromatic N) is 2. The quantitative estimate of drug-likeness (QED) is 0.631. The molecule has 0 saturated carbocycles. The molecule has 9 heteroatoms. The van der Waals surface area contributed by atoms with Crippen LogP contribution in [0.15, 0.2) is 29.4 Å². The summed E-state index contributed by atoms with van der Waals surface area (Å²) >= 11 is 0. The van der Waals surface area contributed by atoms with Gasteiger partial charge in [0.25, 0.3) is 9.05 Å². The number of hydrogen-bond acceptors (Lipinski definition) is 3. The van der Waals surface area contributed by atoms with Crippen LogP contribution in [0.4, 0.5) is 13.2 Å². The summed E-state index contributed by atoms with van der Waals surface area (Å²) in [5.41, 5.74) is -0.430. The molecular weight excluding hydrogens is 293 g/mol. The largest absolute Gasteiger partial charge is 0.264 e. The molecule has 2 rings (SSSR count). The van der Waals surface area contributed by atoms with Crippen molar-refractivity contribution in [1.82, 2.24) is 9.78 Å². The van der Waals surface area contributed by atoms with Crippen molar-refractivity contribution in [2.75, 3.05) is 0 Å². The zero-order chi connectivity index (χ0) is 13.5. The Morgan fingerprint density at radius 1 is 1.11 bits per heavy atom. The van der Waals surface area contributed by atoms with Crippen molar-refractivity contribution in [3.63, 3.8) is 0 Å². The Balaban J connectivity index is 2.56. The third kappa shape index (κ3) is 2.34. The van der Waals surface area contributed by atoms with Crippen molar-refractivity contribution in [1.29, 1.82) is 0 Å². The molecule has 0 N–H and O–H groups in total. The van der Waals surface area contributed by atoms with Crippen molar-refractivity contribution in [2.24, 2.45) is 0 Å². The van der Waals surface area contributed by atoms with Crippen LogP contribution in [0, 0.1) is 17.5 Å². The number of benzene rings is 1. The van der Waals surface area contributed by atoms with E-state index in [-0.39, 0.29) is 4.90 Å². The smallest absolute Gasteiger partial charge is 0.236 e. The fourth-order valence-electron chi connectivity index (χ4n) is 1.25. The predicted molar refractivity (Wildman–Crippen MR) is 56.5 cm³/mol. The lowest BCUT2D eigenvalue weighted by molar-refractivity contribution is 0.491. The summed E-state index contributed by atoms with van der Waals surface area (Å²) in [4.78, 5) is -0.381. The van der Waals surface area contributed by atoms with Gasteiger partial charge in [-0.2, -0.15) is 5.10 Å². The summed E-state index contributed by atoms with van der Waals surface area (Å²) in [5, 5.41) is 3.51. The van der Waals surface area contributed by atoms with E-state index < -0.39 is 32.2 Å². The van der Waals surface area contributed by atoms with Gasteiger partial charge in [-0.3, -0.25) is 0 Å². The van der Waals surface area contributed by atoms with E-state index in [0.717, 1.165) is 17.1 Å². The average molecular weight is 297 g/mol. The molecule has 1 heterocycles. The summed E-state index contributed by atoms with van der Waals surface area (Å²) in [7, 11) is 1.02. The second-order valence-electron chi connectivity index (χ2n) is 3.28. The molecule has 0 amide bonds. The monoisotopic (exact) mass is 296 g/mol. The molecule has 0 radical (unpaired) electrons. The molecular formula is C9H4ClF3N2O2S. The van der Waals surface area contributed by atoms with Crippen LogP contribution in [-0.2, 0) is 9.05 Å². The van der Waals surface area contributed by atoms with Gasteiger partial charge in [0, 0.05) is 22.8 Å². The summed E-state index contributed by atoms with van der Waals surface area (Å²) in [6.45, 7) is 0. The lowest BCUT2D eigenvalue weighted by Crippen LogP contribution is -2.01. The fourth-order valence-corrected chi connectivity index (χ4v) is 1.89. The van der Waals surface area contributed by atoms with Crippen LogP contribution in [0.2, 0.25) is 0 Å². The van der Waals surface area contributed by atoms with Crippen LogP contribution in [0.5, 0.6) is 0 Å². The van der Waals surface area contributed by atoms with E-state index in [9.17, 15) is 21.6 Å². The maximum Gasteiger partial charge on any atom is 0.264 e. The highest BCUT2D eigenvalue weighted by Crippen LogP contribution is 2.20. The molecule has 96 valence electrons. The third-order valence-electron chi connectivity index (χ3n) is 2.08. The molecule has 0 unspecified atom stereocenters. The van der Waals surface area contributed by atoms with Gasteiger partial charge in [0.1, 0.15) is 10.6 Å². The second-order valence-corrected chi connectivity index (χ2v) is 5.84. The van der Waals surface area contributed by atoms with Gasteiger partial charge in [-0.25, -0.2) is 26.3 Å². The van der Waals surface area contributed by atoms with Gasteiger partial charge < -0.3 is 0 Å². The number of halogens is 4. The van der Waals surface area contributed by atoms with Crippen molar-refractivity contribution >= 4 is 19.7 Å². The van der Waals surface area contributed by atoms with E-state index in [1.165, 1.54) is 0 Å². The first-order valence-electron chi connectivity index (χ1n) is 4.43. The van der Waals surface area contributed by atoms with Gasteiger partial charge in [0.15, 0.2) is 17.5 Å². The second kappa shape index (κ2) is 4.29.